The standard InChI is InChI=1S/C18H30N2O8Si/c1-10-7-20(17(26)19(15(10)25)8-12(22)23)16-14(13(24)11(9-21)27-16)28-29(5,6)18(2,3)4/h7,11,13-14,16,21,24H,8-9H2,1-6H3,(H,22,23)/t11-,13-,14-,16-/m1/s1. The molecule has 0 spiro atoms. The highest BCUT2D eigenvalue weighted by Crippen LogP contribution is 2.41. The SMILES string of the molecule is Cc1cn([C@@H]2O[C@H](CO)[C@@H](O)[C@H]2O[Si](C)(C)C(C)(C)C)c(=O)n(CC(=O)O)c1=O. The third-order valence-corrected chi connectivity index (χ3v) is 10.1. The first-order chi connectivity index (χ1) is 13.2. The zero-order chi connectivity index (χ0) is 22.3. The van der Waals surface area contributed by atoms with E-state index < -0.39 is 63.2 Å². The van der Waals surface area contributed by atoms with Crippen molar-refractivity contribution < 1.29 is 29.3 Å². The zero-order valence-corrected chi connectivity index (χ0v) is 18.6. The normalized spacial score (nSPS) is 25.4. The lowest BCUT2D eigenvalue weighted by molar-refractivity contribution is -0.137. The summed E-state index contributed by atoms with van der Waals surface area (Å²) in [6, 6.07) is 0. The second-order valence-corrected chi connectivity index (χ2v) is 13.6. The van der Waals surface area contributed by atoms with Crippen molar-refractivity contribution >= 4 is 14.3 Å². The number of aryl methyl sites for hydroxylation is 1. The van der Waals surface area contributed by atoms with Gasteiger partial charge in [-0.25, -0.2) is 9.36 Å². The van der Waals surface area contributed by atoms with Gasteiger partial charge in [0.2, 0.25) is 0 Å². The molecule has 29 heavy (non-hydrogen) atoms. The number of carboxylic acid groups (broad SMARTS) is 1. The maximum absolute atomic E-state index is 12.9. The van der Waals surface area contributed by atoms with E-state index in [9.17, 15) is 24.6 Å². The smallest absolute Gasteiger partial charge is 0.333 e. The highest BCUT2D eigenvalue weighted by atomic mass is 28.4. The first-order valence-corrected chi connectivity index (χ1v) is 12.3. The second kappa shape index (κ2) is 8.15. The summed E-state index contributed by atoms with van der Waals surface area (Å²) in [5, 5.41) is 29.1. The number of aliphatic carboxylic acids is 1. The Labute approximate surface area is 169 Å². The van der Waals surface area contributed by atoms with Crippen molar-refractivity contribution in [3.05, 3.63) is 32.6 Å². The Hall–Kier alpha value is -1.79. The first-order valence-electron chi connectivity index (χ1n) is 9.38. The van der Waals surface area contributed by atoms with Gasteiger partial charge in [-0.15, -0.1) is 0 Å². The molecule has 11 heteroatoms. The molecule has 10 nitrogen and oxygen atoms in total. The van der Waals surface area contributed by atoms with Gasteiger partial charge in [-0.1, -0.05) is 20.8 Å². The van der Waals surface area contributed by atoms with Gasteiger partial charge in [-0.3, -0.25) is 14.2 Å². The van der Waals surface area contributed by atoms with Gasteiger partial charge < -0.3 is 24.5 Å². The Kier molecular flexibility index (Phi) is 6.60. The molecule has 1 saturated heterocycles. The summed E-state index contributed by atoms with van der Waals surface area (Å²) in [6.45, 7) is 10.2. The second-order valence-electron chi connectivity index (χ2n) is 8.87. The molecule has 0 aliphatic carbocycles. The van der Waals surface area contributed by atoms with E-state index in [-0.39, 0.29) is 10.6 Å². The Morgan fingerprint density at radius 1 is 1.31 bits per heavy atom. The van der Waals surface area contributed by atoms with Crippen molar-refractivity contribution in [2.75, 3.05) is 6.61 Å². The fourth-order valence-electron chi connectivity index (χ4n) is 2.95. The fourth-order valence-corrected chi connectivity index (χ4v) is 4.24. The molecule has 1 aromatic rings. The van der Waals surface area contributed by atoms with Gasteiger partial charge in [0.25, 0.3) is 5.56 Å². The summed E-state index contributed by atoms with van der Waals surface area (Å²) in [4.78, 5) is 36.2. The van der Waals surface area contributed by atoms with Gasteiger partial charge in [-0.2, -0.15) is 0 Å². The van der Waals surface area contributed by atoms with Gasteiger partial charge in [0.05, 0.1) is 6.61 Å². The third kappa shape index (κ3) is 4.53. The molecule has 1 aliphatic rings. The van der Waals surface area contributed by atoms with Crippen LogP contribution in [-0.4, -0.2) is 63.7 Å². The molecular weight excluding hydrogens is 400 g/mol. The van der Waals surface area contributed by atoms with Crippen LogP contribution >= 0.6 is 0 Å². The molecule has 0 amide bonds. The molecule has 4 atom stereocenters. The number of hydrogen-bond acceptors (Lipinski definition) is 7. The van der Waals surface area contributed by atoms with Gasteiger partial charge in [0, 0.05) is 11.8 Å². The van der Waals surface area contributed by atoms with Crippen LogP contribution in [0.1, 0.15) is 32.6 Å². The van der Waals surface area contributed by atoms with Crippen LogP contribution in [-0.2, 0) is 20.5 Å². The van der Waals surface area contributed by atoms with E-state index in [1.165, 1.54) is 13.1 Å². The summed E-state index contributed by atoms with van der Waals surface area (Å²) >= 11 is 0. The van der Waals surface area contributed by atoms with E-state index in [1.54, 1.807) is 0 Å². The summed E-state index contributed by atoms with van der Waals surface area (Å²) in [6.07, 6.45) is -3.01. The summed E-state index contributed by atoms with van der Waals surface area (Å²) in [5.74, 6) is -1.34. The first kappa shape index (κ1) is 23.5. The van der Waals surface area contributed by atoms with Crippen molar-refractivity contribution in [1.82, 2.24) is 9.13 Å². The Morgan fingerprint density at radius 3 is 2.38 bits per heavy atom. The number of hydrogen-bond donors (Lipinski definition) is 3. The molecule has 1 aromatic heterocycles. The molecule has 3 N–H and O–H groups in total. The molecule has 2 heterocycles. The summed E-state index contributed by atoms with van der Waals surface area (Å²) in [5.41, 5.74) is -1.46. The molecule has 2 rings (SSSR count). The van der Waals surface area contributed by atoms with E-state index in [2.05, 4.69) is 0 Å². The van der Waals surface area contributed by atoms with E-state index in [1.807, 2.05) is 33.9 Å². The van der Waals surface area contributed by atoms with E-state index in [4.69, 9.17) is 14.3 Å². The lowest BCUT2D eigenvalue weighted by Crippen LogP contribution is -2.51. The number of carbonyl (C=O) groups is 1. The zero-order valence-electron chi connectivity index (χ0n) is 17.6. The van der Waals surface area contributed by atoms with Crippen molar-refractivity contribution in [3.63, 3.8) is 0 Å². The fraction of sp³-hybridized carbons (Fsp3) is 0.722. The minimum Gasteiger partial charge on any atom is -0.480 e. The molecule has 0 bridgehead atoms. The van der Waals surface area contributed by atoms with Crippen LogP contribution in [0.15, 0.2) is 15.8 Å². The number of ether oxygens (including phenoxy) is 1. The third-order valence-electron chi connectivity index (χ3n) is 5.66. The maximum atomic E-state index is 12.9. The van der Waals surface area contributed by atoms with Crippen molar-refractivity contribution in [3.8, 4) is 0 Å². The largest absolute Gasteiger partial charge is 0.480 e. The van der Waals surface area contributed by atoms with Crippen molar-refractivity contribution in [2.24, 2.45) is 0 Å². The molecule has 0 unspecified atom stereocenters. The highest BCUT2D eigenvalue weighted by Gasteiger charge is 2.50. The Bertz CT molecular complexity index is 885. The Morgan fingerprint density at radius 2 is 1.90 bits per heavy atom. The lowest BCUT2D eigenvalue weighted by Gasteiger charge is -2.40. The van der Waals surface area contributed by atoms with Crippen LogP contribution < -0.4 is 11.2 Å². The molecule has 0 saturated carbocycles. The van der Waals surface area contributed by atoms with Crippen LogP contribution in [0.5, 0.6) is 0 Å². The van der Waals surface area contributed by atoms with E-state index in [0.717, 1.165) is 4.57 Å². The summed E-state index contributed by atoms with van der Waals surface area (Å²) in [7, 11) is -2.41. The number of carboxylic acids is 1. The van der Waals surface area contributed by atoms with E-state index in [0.29, 0.717) is 4.57 Å². The average molecular weight is 431 g/mol. The number of aliphatic hydroxyl groups is 2. The van der Waals surface area contributed by atoms with Crippen molar-refractivity contribution in [1.29, 1.82) is 0 Å². The number of rotatable bonds is 6. The van der Waals surface area contributed by atoms with Gasteiger partial charge in [0.1, 0.15) is 24.9 Å². The monoisotopic (exact) mass is 430 g/mol. The predicted octanol–water partition coefficient (Wildman–Crippen LogP) is 0.0440. The average Bonchev–Trinajstić information content (AvgIpc) is 2.89. The van der Waals surface area contributed by atoms with Gasteiger partial charge in [-0.05, 0) is 25.1 Å². The molecule has 0 aromatic carbocycles. The molecular formula is C18H30N2O8Si. The molecule has 0 radical (unpaired) electrons. The van der Waals surface area contributed by atoms with Gasteiger partial charge >= 0.3 is 11.7 Å². The molecule has 164 valence electrons. The molecule has 1 aliphatic heterocycles. The maximum Gasteiger partial charge on any atom is 0.333 e. The van der Waals surface area contributed by atoms with Gasteiger partial charge in [0.15, 0.2) is 14.5 Å². The van der Waals surface area contributed by atoms with Crippen LogP contribution in [0.25, 0.3) is 0 Å². The van der Waals surface area contributed by atoms with Crippen LogP contribution in [0.3, 0.4) is 0 Å². The minimum atomic E-state index is -2.41. The predicted molar refractivity (Wildman–Crippen MR) is 106 cm³/mol. The minimum absolute atomic E-state index is 0.141. The highest BCUT2D eigenvalue weighted by molar-refractivity contribution is 6.74. The molecule has 1 fully saturated rings. The quantitative estimate of drug-likeness (QED) is 0.538. The van der Waals surface area contributed by atoms with Crippen LogP contribution in [0, 0.1) is 6.92 Å². The number of aromatic nitrogens is 2. The lowest BCUT2D eigenvalue weighted by atomic mass is 10.1. The number of nitrogens with zero attached hydrogens (tertiary/aromatic N) is 2. The topological polar surface area (TPSA) is 140 Å². The van der Waals surface area contributed by atoms with Crippen molar-refractivity contribution in [2.45, 2.75) is 76.9 Å². The number of aliphatic hydroxyl groups excluding tert-OH is 2. The summed E-state index contributed by atoms with van der Waals surface area (Å²) < 4.78 is 13.7. The van der Waals surface area contributed by atoms with Crippen LogP contribution in [0.2, 0.25) is 18.1 Å². The van der Waals surface area contributed by atoms with E-state index >= 15 is 0 Å². The Balaban J connectivity index is 2.58. The van der Waals surface area contributed by atoms with Crippen LogP contribution in [0.4, 0.5) is 0 Å².